The molecule has 5 heteroatoms. The molecular formula is C13H16F3NO. The molecule has 0 unspecified atom stereocenters. The van der Waals surface area contributed by atoms with Crippen molar-refractivity contribution in [1.29, 1.82) is 0 Å². The third-order valence-corrected chi connectivity index (χ3v) is 3.33. The van der Waals surface area contributed by atoms with E-state index in [2.05, 4.69) is 17.0 Å². The van der Waals surface area contributed by atoms with Crippen molar-refractivity contribution in [3.05, 3.63) is 29.8 Å². The van der Waals surface area contributed by atoms with Crippen LogP contribution in [-0.4, -0.2) is 19.5 Å². The summed E-state index contributed by atoms with van der Waals surface area (Å²) in [6.07, 6.45) is -3.61. The summed E-state index contributed by atoms with van der Waals surface area (Å²) < 4.78 is 39.9. The van der Waals surface area contributed by atoms with Crippen LogP contribution in [0.15, 0.2) is 24.3 Å². The quantitative estimate of drug-likeness (QED) is 0.880. The summed E-state index contributed by atoms with van der Waals surface area (Å²) in [6.45, 7) is 4.05. The third kappa shape index (κ3) is 3.38. The highest BCUT2D eigenvalue weighted by molar-refractivity contribution is 5.30. The first kappa shape index (κ1) is 13.2. The normalized spacial score (nSPS) is 24.9. The first-order valence-corrected chi connectivity index (χ1v) is 6.02. The van der Waals surface area contributed by atoms with E-state index in [0.29, 0.717) is 11.8 Å². The van der Waals surface area contributed by atoms with Crippen molar-refractivity contribution in [3.63, 3.8) is 0 Å². The predicted octanol–water partition coefficient (Wildman–Crippen LogP) is 3.30. The zero-order valence-electron chi connectivity index (χ0n) is 10.1. The molecule has 0 saturated carbocycles. The molecule has 1 aromatic rings. The maximum absolute atomic E-state index is 12.0. The van der Waals surface area contributed by atoms with Gasteiger partial charge < -0.3 is 10.1 Å². The van der Waals surface area contributed by atoms with Crippen LogP contribution in [0.4, 0.5) is 13.2 Å². The SMILES string of the molecule is C[C@@H]1CNCC[C@@H]1c1ccc(OC(F)(F)F)cc1. The van der Waals surface area contributed by atoms with Gasteiger partial charge in [-0.3, -0.25) is 0 Å². The Hall–Kier alpha value is -1.23. The molecule has 0 aromatic heterocycles. The zero-order valence-corrected chi connectivity index (χ0v) is 10.1. The van der Waals surface area contributed by atoms with E-state index < -0.39 is 6.36 Å². The van der Waals surface area contributed by atoms with E-state index in [1.165, 1.54) is 12.1 Å². The van der Waals surface area contributed by atoms with Crippen molar-refractivity contribution in [2.75, 3.05) is 13.1 Å². The molecule has 100 valence electrons. The van der Waals surface area contributed by atoms with E-state index >= 15 is 0 Å². The fraction of sp³-hybridized carbons (Fsp3) is 0.538. The minimum atomic E-state index is -4.62. The van der Waals surface area contributed by atoms with Gasteiger partial charge in [0.15, 0.2) is 0 Å². The van der Waals surface area contributed by atoms with Crippen molar-refractivity contribution in [2.45, 2.75) is 25.6 Å². The van der Waals surface area contributed by atoms with Crippen molar-refractivity contribution in [1.82, 2.24) is 5.32 Å². The third-order valence-electron chi connectivity index (χ3n) is 3.33. The van der Waals surface area contributed by atoms with E-state index in [1.807, 2.05) is 0 Å². The van der Waals surface area contributed by atoms with E-state index in [0.717, 1.165) is 25.1 Å². The summed E-state index contributed by atoms with van der Waals surface area (Å²) in [5.41, 5.74) is 1.08. The number of ether oxygens (including phenoxy) is 1. The molecule has 2 nitrogen and oxygen atoms in total. The average Bonchev–Trinajstić information content (AvgIpc) is 2.29. The van der Waals surface area contributed by atoms with Gasteiger partial charge in [-0.15, -0.1) is 13.2 Å². The highest BCUT2D eigenvalue weighted by Crippen LogP contribution is 2.31. The largest absolute Gasteiger partial charge is 0.573 e. The van der Waals surface area contributed by atoms with Crippen LogP contribution >= 0.6 is 0 Å². The van der Waals surface area contributed by atoms with Crippen LogP contribution in [0.3, 0.4) is 0 Å². The molecule has 0 bridgehead atoms. The molecule has 2 rings (SSSR count). The number of piperidine rings is 1. The number of hydrogen-bond acceptors (Lipinski definition) is 2. The van der Waals surface area contributed by atoms with Crippen molar-refractivity contribution in [3.8, 4) is 5.75 Å². The van der Waals surface area contributed by atoms with Crippen LogP contribution in [0.25, 0.3) is 0 Å². The van der Waals surface area contributed by atoms with Gasteiger partial charge in [0.05, 0.1) is 0 Å². The number of alkyl halides is 3. The van der Waals surface area contributed by atoms with E-state index in [1.54, 1.807) is 12.1 Å². The Kier molecular flexibility index (Phi) is 3.80. The molecule has 1 heterocycles. The molecule has 1 N–H and O–H groups in total. The number of nitrogens with one attached hydrogen (secondary N) is 1. The fourth-order valence-corrected chi connectivity index (χ4v) is 2.43. The molecule has 1 saturated heterocycles. The van der Waals surface area contributed by atoms with E-state index in [-0.39, 0.29) is 5.75 Å². The molecule has 0 spiro atoms. The maximum Gasteiger partial charge on any atom is 0.573 e. The van der Waals surface area contributed by atoms with E-state index in [9.17, 15) is 13.2 Å². The van der Waals surface area contributed by atoms with Gasteiger partial charge >= 0.3 is 6.36 Å². The Morgan fingerprint density at radius 1 is 1.22 bits per heavy atom. The van der Waals surface area contributed by atoms with Crippen LogP contribution in [-0.2, 0) is 0 Å². The Labute approximate surface area is 104 Å². The topological polar surface area (TPSA) is 21.3 Å². The predicted molar refractivity (Wildman–Crippen MR) is 62.5 cm³/mol. The standard InChI is InChI=1S/C13H16F3NO/c1-9-8-17-7-6-12(9)10-2-4-11(5-3-10)18-13(14,15)16/h2-5,9,12,17H,6-8H2,1H3/t9-,12+/m1/s1. The lowest BCUT2D eigenvalue weighted by atomic mass is 9.82. The molecule has 0 aliphatic carbocycles. The first-order valence-electron chi connectivity index (χ1n) is 6.02. The van der Waals surface area contributed by atoms with Gasteiger partial charge in [0.2, 0.25) is 0 Å². The first-order chi connectivity index (χ1) is 8.46. The van der Waals surface area contributed by atoms with Crippen molar-refractivity contribution < 1.29 is 17.9 Å². The molecule has 0 amide bonds. The Bertz CT molecular complexity index is 388. The number of hydrogen-bond donors (Lipinski definition) is 1. The lowest BCUT2D eigenvalue weighted by Gasteiger charge is -2.30. The number of rotatable bonds is 2. The zero-order chi connectivity index (χ0) is 13.2. The summed E-state index contributed by atoms with van der Waals surface area (Å²) in [5, 5.41) is 3.30. The minimum Gasteiger partial charge on any atom is -0.406 e. The van der Waals surface area contributed by atoms with Gasteiger partial charge in [0.25, 0.3) is 0 Å². The molecule has 1 fully saturated rings. The van der Waals surface area contributed by atoms with E-state index in [4.69, 9.17) is 0 Å². The van der Waals surface area contributed by atoms with Crippen LogP contribution in [0.1, 0.15) is 24.8 Å². The number of benzene rings is 1. The molecular weight excluding hydrogens is 243 g/mol. The van der Waals surface area contributed by atoms with Gasteiger partial charge in [-0.25, -0.2) is 0 Å². The lowest BCUT2D eigenvalue weighted by Crippen LogP contribution is -2.33. The Morgan fingerprint density at radius 3 is 2.44 bits per heavy atom. The molecule has 18 heavy (non-hydrogen) atoms. The summed E-state index contributed by atoms with van der Waals surface area (Å²) >= 11 is 0. The van der Waals surface area contributed by atoms with Gasteiger partial charge in [0.1, 0.15) is 5.75 Å². The van der Waals surface area contributed by atoms with Crippen LogP contribution < -0.4 is 10.1 Å². The summed E-state index contributed by atoms with van der Waals surface area (Å²) in [5.74, 6) is 0.743. The summed E-state index contributed by atoms with van der Waals surface area (Å²) in [7, 11) is 0. The Morgan fingerprint density at radius 2 is 1.89 bits per heavy atom. The number of halogens is 3. The highest BCUT2D eigenvalue weighted by atomic mass is 19.4. The average molecular weight is 259 g/mol. The second kappa shape index (κ2) is 5.18. The maximum atomic E-state index is 12.0. The molecule has 0 radical (unpaired) electrons. The smallest absolute Gasteiger partial charge is 0.406 e. The van der Waals surface area contributed by atoms with Gasteiger partial charge in [-0.1, -0.05) is 19.1 Å². The summed E-state index contributed by atoms with van der Waals surface area (Å²) in [4.78, 5) is 0. The Balaban J connectivity index is 2.07. The van der Waals surface area contributed by atoms with Crippen LogP contribution in [0, 0.1) is 5.92 Å². The van der Waals surface area contributed by atoms with Gasteiger partial charge in [0, 0.05) is 0 Å². The molecule has 1 aromatic carbocycles. The second-order valence-corrected chi connectivity index (χ2v) is 4.69. The van der Waals surface area contributed by atoms with Gasteiger partial charge in [-0.2, -0.15) is 0 Å². The molecule has 1 aliphatic heterocycles. The molecule has 2 atom stereocenters. The lowest BCUT2D eigenvalue weighted by molar-refractivity contribution is -0.274. The van der Waals surface area contributed by atoms with Crippen LogP contribution in [0.5, 0.6) is 5.75 Å². The summed E-state index contributed by atoms with van der Waals surface area (Å²) in [6, 6.07) is 6.23. The van der Waals surface area contributed by atoms with Crippen molar-refractivity contribution >= 4 is 0 Å². The second-order valence-electron chi connectivity index (χ2n) is 4.69. The van der Waals surface area contributed by atoms with Gasteiger partial charge in [-0.05, 0) is 49.0 Å². The van der Waals surface area contributed by atoms with Crippen molar-refractivity contribution in [2.24, 2.45) is 5.92 Å². The molecule has 1 aliphatic rings. The highest BCUT2D eigenvalue weighted by Gasteiger charge is 2.31. The minimum absolute atomic E-state index is 0.159. The van der Waals surface area contributed by atoms with Crippen LogP contribution in [0.2, 0.25) is 0 Å². The monoisotopic (exact) mass is 259 g/mol. The fourth-order valence-electron chi connectivity index (χ4n) is 2.43.